The number of carbonyl (C=O) groups is 1. The molecule has 1 amide bonds. The Bertz CT molecular complexity index is 390. The average Bonchev–Trinajstić information content (AvgIpc) is 2.37. The summed E-state index contributed by atoms with van der Waals surface area (Å²) in [4.78, 5) is 11.9. The van der Waals surface area contributed by atoms with Crippen molar-refractivity contribution in [2.24, 2.45) is 5.41 Å². The van der Waals surface area contributed by atoms with Crippen molar-refractivity contribution < 1.29 is 14.6 Å². The van der Waals surface area contributed by atoms with Crippen LogP contribution in [0.5, 0.6) is 5.75 Å². The fourth-order valence-electron chi connectivity index (χ4n) is 1.62. The van der Waals surface area contributed by atoms with E-state index in [0.717, 1.165) is 0 Å². The predicted molar refractivity (Wildman–Crippen MR) is 75.0 cm³/mol. The van der Waals surface area contributed by atoms with E-state index in [1.165, 1.54) is 0 Å². The van der Waals surface area contributed by atoms with Crippen LogP contribution in [0.4, 0.5) is 0 Å². The van der Waals surface area contributed by atoms with Gasteiger partial charge in [0.1, 0.15) is 5.75 Å². The largest absolute Gasteiger partial charge is 0.481 e. The van der Waals surface area contributed by atoms with Gasteiger partial charge in [-0.1, -0.05) is 32.0 Å². The third kappa shape index (κ3) is 5.75. The van der Waals surface area contributed by atoms with Crippen LogP contribution in [0, 0.1) is 5.41 Å². The highest BCUT2D eigenvalue weighted by Gasteiger charge is 2.21. The molecule has 0 fully saturated rings. The predicted octanol–water partition coefficient (Wildman–Crippen LogP) is 1.98. The van der Waals surface area contributed by atoms with E-state index in [4.69, 9.17) is 9.84 Å². The summed E-state index contributed by atoms with van der Waals surface area (Å²) in [6.07, 6.45) is 0.119. The molecular weight excluding hydrogens is 242 g/mol. The van der Waals surface area contributed by atoms with Crippen molar-refractivity contribution in [2.75, 3.05) is 13.2 Å². The van der Waals surface area contributed by atoms with Crippen molar-refractivity contribution in [1.82, 2.24) is 5.32 Å². The van der Waals surface area contributed by atoms with Gasteiger partial charge in [-0.3, -0.25) is 4.79 Å². The van der Waals surface area contributed by atoms with Gasteiger partial charge in [0.05, 0.1) is 0 Å². The van der Waals surface area contributed by atoms with Crippen molar-refractivity contribution in [3.05, 3.63) is 30.3 Å². The molecule has 4 nitrogen and oxygen atoms in total. The summed E-state index contributed by atoms with van der Waals surface area (Å²) < 4.78 is 5.54. The molecule has 0 aliphatic rings. The fraction of sp³-hybridized carbons (Fsp3) is 0.533. The molecule has 106 valence electrons. The van der Waals surface area contributed by atoms with Gasteiger partial charge in [-0.25, -0.2) is 0 Å². The lowest BCUT2D eigenvalue weighted by Gasteiger charge is -2.25. The van der Waals surface area contributed by atoms with Crippen molar-refractivity contribution in [3.8, 4) is 5.75 Å². The zero-order valence-corrected chi connectivity index (χ0v) is 11.8. The lowest BCUT2D eigenvalue weighted by molar-refractivity contribution is -0.127. The Balaban J connectivity index is 2.41. The van der Waals surface area contributed by atoms with E-state index in [2.05, 4.69) is 5.32 Å². The highest BCUT2D eigenvalue weighted by Crippen LogP contribution is 2.18. The Morgan fingerprint density at radius 3 is 2.58 bits per heavy atom. The number of amides is 1. The number of rotatable bonds is 7. The minimum absolute atomic E-state index is 0.114. The van der Waals surface area contributed by atoms with Crippen LogP contribution in [-0.4, -0.2) is 30.3 Å². The SMILES string of the molecule is CC(Oc1ccccc1)C(=O)NCC(C)(C)CCO. The normalized spacial score (nSPS) is 12.8. The Hall–Kier alpha value is -1.55. The summed E-state index contributed by atoms with van der Waals surface area (Å²) in [6.45, 7) is 6.38. The second kappa shape index (κ2) is 7.14. The van der Waals surface area contributed by atoms with Gasteiger partial charge in [-0.15, -0.1) is 0 Å². The number of nitrogens with one attached hydrogen (secondary N) is 1. The molecule has 0 aliphatic carbocycles. The molecule has 4 heteroatoms. The molecule has 0 spiro atoms. The number of carbonyl (C=O) groups excluding carboxylic acids is 1. The van der Waals surface area contributed by atoms with Crippen LogP contribution in [0.25, 0.3) is 0 Å². The van der Waals surface area contributed by atoms with Gasteiger partial charge < -0.3 is 15.2 Å². The maximum Gasteiger partial charge on any atom is 0.260 e. The first-order valence-corrected chi connectivity index (χ1v) is 6.55. The molecule has 0 radical (unpaired) electrons. The maximum absolute atomic E-state index is 11.9. The molecular formula is C15H23NO3. The summed E-state index contributed by atoms with van der Waals surface area (Å²) in [5, 5.41) is 11.8. The second-order valence-electron chi connectivity index (χ2n) is 5.43. The summed E-state index contributed by atoms with van der Waals surface area (Å²) in [7, 11) is 0. The summed E-state index contributed by atoms with van der Waals surface area (Å²) >= 11 is 0. The number of hydrogen-bond donors (Lipinski definition) is 2. The van der Waals surface area contributed by atoms with Crippen molar-refractivity contribution >= 4 is 5.91 Å². The Morgan fingerprint density at radius 2 is 2.00 bits per heavy atom. The molecule has 0 saturated carbocycles. The summed E-state index contributed by atoms with van der Waals surface area (Å²) in [5.74, 6) is 0.537. The first-order valence-electron chi connectivity index (χ1n) is 6.55. The van der Waals surface area contributed by atoms with E-state index in [0.29, 0.717) is 18.7 Å². The average molecular weight is 265 g/mol. The highest BCUT2D eigenvalue weighted by molar-refractivity contribution is 5.80. The van der Waals surface area contributed by atoms with Crippen LogP contribution in [0.2, 0.25) is 0 Å². The minimum Gasteiger partial charge on any atom is -0.481 e. The molecule has 2 N–H and O–H groups in total. The van der Waals surface area contributed by atoms with Gasteiger partial charge in [-0.05, 0) is 30.9 Å². The molecule has 0 aliphatic heterocycles. The van der Waals surface area contributed by atoms with Crippen LogP contribution in [0.1, 0.15) is 27.2 Å². The number of para-hydroxylation sites is 1. The quantitative estimate of drug-likeness (QED) is 0.792. The standard InChI is InChI=1S/C15H23NO3/c1-12(19-13-7-5-4-6-8-13)14(18)16-11-15(2,3)9-10-17/h4-8,12,17H,9-11H2,1-3H3,(H,16,18). The van der Waals surface area contributed by atoms with Gasteiger partial charge in [-0.2, -0.15) is 0 Å². The molecule has 1 aromatic rings. The topological polar surface area (TPSA) is 58.6 Å². The molecule has 1 rings (SSSR count). The zero-order chi connectivity index (χ0) is 14.3. The molecule has 0 bridgehead atoms. The second-order valence-corrected chi connectivity index (χ2v) is 5.43. The summed E-state index contributed by atoms with van der Waals surface area (Å²) in [5.41, 5.74) is -0.114. The smallest absolute Gasteiger partial charge is 0.260 e. The molecule has 0 heterocycles. The van der Waals surface area contributed by atoms with E-state index >= 15 is 0 Å². The van der Waals surface area contributed by atoms with Gasteiger partial charge in [0.15, 0.2) is 6.10 Å². The van der Waals surface area contributed by atoms with Crippen LogP contribution in [-0.2, 0) is 4.79 Å². The van der Waals surface area contributed by atoms with Crippen LogP contribution < -0.4 is 10.1 Å². The summed E-state index contributed by atoms with van der Waals surface area (Å²) in [6, 6.07) is 9.27. The highest BCUT2D eigenvalue weighted by atomic mass is 16.5. The number of aliphatic hydroxyl groups excluding tert-OH is 1. The molecule has 1 aromatic carbocycles. The van der Waals surface area contributed by atoms with Crippen molar-refractivity contribution in [1.29, 1.82) is 0 Å². The first kappa shape index (κ1) is 15.5. The fourth-order valence-corrected chi connectivity index (χ4v) is 1.62. The third-order valence-corrected chi connectivity index (χ3v) is 2.96. The molecule has 1 unspecified atom stereocenters. The van der Waals surface area contributed by atoms with E-state index in [1.807, 2.05) is 44.2 Å². The molecule has 0 saturated heterocycles. The Morgan fingerprint density at radius 1 is 1.37 bits per heavy atom. The minimum atomic E-state index is -0.535. The molecule has 19 heavy (non-hydrogen) atoms. The number of hydrogen-bond acceptors (Lipinski definition) is 3. The van der Waals surface area contributed by atoms with E-state index in [1.54, 1.807) is 6.92 Å². The van der Waals surface area contributed by atoms with Crippen molar-refractivity contribution in [3.63, 3.8) is 0 Å². The van der Waals surface area contributed by atoms with Gasteiger partial charge in [0.25, 0.3) is 5.91 Å². The zero-order valence-electron chi connectivity index (χ0n) is 11.8. The number of ether oxygens (including phenoxy) is 1. The number of aliphatic hydroxyl groups is 1. The lowest BCUT2D eigenvalue weighted by Crippen LogP contribution is -2.41. The van der Waals surface area contributed by atoms with Gasteiger partial charge in [0, 0.05) is 13.2 Å². The third-order valence-electron chi connectivity index (χ3n) is 2.96. The van der Waals surface area contributed by atoms with E-state index in [-0.39, 0.29) is 17.9 Å². The van der Waals surface area contributed by atoms with Crippen molar-refractivity contribution in [2.45, 2.75) is 33.3 Å². The van der Waals surface area contributed by atoms with Crippen LogP contribution in [0.15, 0.2) is 30.3 Å². The van der Waals surface area contributed by atoms with Crippen LogP contribution in [0.3, 0.4) is 0 Å². The van der Waals surface area contributed by atoms with Crippen LogP contribution >= 0.6 is 0 Å². The lowest BCUT2D eigenvalue weighted by atomic mass is 9.90. The molecule has 1 atom stereocenters. The van der Waals surface area contributed by atoms with E-state index in [9.17, 15) is 4.79 Å². The monoisotopic (exact) mass is 265 g/mol. The van der Waals surface area contributed by atoms with Gasteiger partial charge in [0.2, 0.25) is 0 Å². The van der Waals surface area contributed by atoms with E-state index < -0.39 is 6.10 Å². The Labute approximate surface area is 114 Å². The van der Waals surface area contributed by atoms with Gasteiger partial charge >= 0.3 is 0 Å². The number of benzene rings is 1. The molecule has 0 aromatic heterocycles. The first-order chi connectivity index (χ1) is 8.94. The maximum atomic E-state index is 11.9. The Kier molecular flexibility index (Phi) is 5.83.